The second-order valence-electron chi connectivity index (χ2n) is 6.07. The first-order valence-corrected chi connectivity index (χ1v) is 8.07. The van der Waals surface area contributed by atoms with Crippen molar-refractivity contribution in [2.45, 2.75) is 29.3 Å². The molecule has 2 bridgehead atoms. The zero-order valence-corrected chi connectivity index (χ0v) is 13.4. The fourth-order valence-corrected chi connectivity index (χ4v) is 5.06. The minimum Gasteiger partial charge on any atom is -0.385 e. The van der Waals surface area contributed by atoms with Crippen LogP contribution in [0.3, 0.4) is 0 Å². The summed E-state index contributed by atoms with van der Waals surface area (Å²) < 4.78 is 0.0641. The zero-order chi connectivity index (χ0) is 14.5. The maximum Gasteiger partial charge on any atom is 0.157 e. The van der Waals surface area contributed by atoms with E-state index in [1.807, 2.05) is 37.3 Å². The Morgan fingerprint density at radius 3 is 2.65 bits per heavy atom. The Morgan fingerprint density at radius 2 is 2.05 bits per heavy atom. The molecule has 0 amide bonds. The van der Waals surface area contributed by atoms with E-state index in [0.717, 1.165) is 5.56 Å². The van der Waals surface area contributed by atoms with Crippen LogP contribution in [0.25, 0.3) is 0 Å². The molecule has 1 N–H and O–H groups in total. The average molecular weight is 381 g/mol. The van der Waals surface area contributed by atoms with Gasteiger partial charge < -0.3 is 5.11 Å². The first kappa shape index (κ1) is 14.0. The van der Waals surface area contributed by atoms with E-state index in [-0.39, 0.29) is 28.0 Å². The van der Waals surface area contributed by atoms with Crippen molar-refractivity contribution in [1.29, 1.82) is 5.26 Å². The number of rotatable bonds is 1. The highest BCUT2D eigenvalue weighted by Gasteiger charge is 2.65. The SMILES string of the molecule is CC1C(=O)C2(C#N)CC([C@@H]1I)C(O)(c1ccccc1)C2. The number of fused-ring (bicyclic) bond motifs is 2. The second kappa shape index (κ2) is 4.54. The Labute approximate surface area is 132 Å². The van der Waals surface area contributed by atoms with Crippen LogP contribution in [0.1, 0.15) is 25.3 Å². The third-order valence-electron chi connectivity index (χ3n) is 4.99. The second-order valence-corrected chi connectivity index (χ2v) is 7.51. The fraction of sp³-hybridized carbons (Fsp3) is 0.500. The number of alkyl halides is 1. The Balaban J connectivity index is 2.13. The Bertz CT molecular complexity index is 596. The van der Waals surface area contributed by atoms with Gasteiger partial charge in [0.25, 0.3) is 0 Å². The molecule has 3 nitrogen and oxygen atoms in total. The molecule has 0 radical (unpaired) electrons. The quantitative estimate of drug-likeness (QED) is 0.601. The molecule has 0 heterocycles. The summed E-state index contributed by atoms with van der Waals surface area (Å²) in [5.74, 6) is -0.216. The van der Waals surface area contributed by atoms with Gasteiger partial charge in [-0.15, -0.1) is 0 Å². The van der Waals surface area contributed by atoms with Crippen LogP contribution in [0.4, 0.5) is 0 Å². The van der Waals surface area contributed by atoms with Gasteiger partial charge in [-0.1, -0.05) is 59.8 Å². The summed E-state index contributed by atoms with van der Waals surface area (Å²) in [6, 6.07) is 11.7. The minimum atomic E-state index is -1.07. The number of carbonyl (C=O) groups is 1. The molecule has 20 heavy (non-hydrogen) atoms. The number of carbonyl (C=O) groups excluding carboxylic acids is 1. The Morgan fingerprint density at radius 1 is 1.40 bits per heavy atom. The number of nitrogens with zero attached hydrogens (tertiary/aromatic N) is 1. The van der Waals surface area contributed by atoms with Crippen LogP contribution in [-0.4, -0.2) is 14.8 Å². The number of ketones is 1. The topological polar surface area (TPSA) is 61.1 Å². The molecule has 1 aromatic rings. The Kier molecular flexibility index (Phi) is 3.18. The van der Waals surface area contributed by atoms with Gasteiger partial charge in [0, 0.05) is 22.2 Å². The largest absolute Gasteiger partial charge is 0.385 e. The maximum absolute atomic E-state index is 12.5. The van der Waals surface area contributed by atoms with Gasteiger partial charge in [-0.05, 0) is 12.0 Å². The monoisotopic (exact) mass is 381 g/mol. The van der Waals surface area contributed by atoms with E-state index >= 15 is 0 Å². The molecular formula is C16H16INO2. The molecule has 0 saturated heterocycles. The van der Waals surface area contributed by atoms with Crippen LogP contribution in [-0.2, 0) is 10.4 Å². The van der Waals surface area contributed by atoms with Crippen molar-refractivity contribution in [1.82, 2.24) is 0 Å². The number of halogens is 1. The molecular weight excluding hydrogens is 365 g/mol. The number of benzene rings is 1. The highest BCUT2D eigenvalue weighted by atomic mass is 127. The minimum absolute atomic E-state index is 0.00232. The molecule has 5 atom stereocenters. The highest BCUT2D eigenvalue weighted by molar-refractivity contribution is 14.1. The van der Waals surface area contributed by atoms with Gasteiger partial charge in [0.1, 0.15) is 5.41 Å². The lowest BCUT2D eigenvalue weighted by atomic mass is 9.71. The number of hydrogen-bond acceptors (Lipinski definition) is 3. The molecule has 4 heteroatoms. The average Bonchev–Trinajstić information content (AvgIpc) is 2.78. The van der Waals surface area contributed by atoms with Crippen molar-refractivity contribution < 1.29 is 9.90 Å². The van der Waals surface area contributed by atoms with Crippen LogP contribution < -0.4 is 0 Å². The van der Waals surface area contributed by atoms with E-state index in [9.17, 15) is 15.2 Å². The summed E-state index contributed by atoms with van der Waals surface area (Å²) in [5, 5.41) is 20.8. The number of aliphatic hydroxyl groups is 1. The van der Waals surface area contributed by atoms with Gasteiger partial charge in [-0.2, -0.15) is 5.26 Å². The molecule has 2 saturated carbocycles. The van der Waals surface area contributed by atoms with Crippen LogP contribution in [0.2, 0.25) is 0 Å². The summed E-state index contributed by atoms with van der Waals surface area (Å²) in [5.41, 5.74) is -1.25. The first-order chi connectivity index (χ1) is 9.44. The molecule has 104 valence electrons. The standard InChI is InChI=1S/C16H16INO2/c1-10-13(17)12-7-15(9-18,14(10)19)8-16(12,20)11-5-3-2-4-6-11/h2-6,10,12-13,20H,7-8H2,1H3/t10?,12?,13-,15?,16?/m1/s1. The highest BCUT2D eigenvalue weighted by Crippen LogP contribution is 2.61. The van der Waals surface area contributed by atoms with Gasteiger partial charge in [-0.3, -0.25) is 4.79 Å². The van der Waals surface area contributed by atoms with E-state index in [4.69, 9.17) is 0 Å². The third-order valence-corrected chi connectivity index (χ3v) is 6.93. The summed E-state index contributed by atoms with van der Waals surface area (Å²) in [6.45, 7) is 1.88. The van der Waals surface area contributed by atoms with Crippen molar-refractivity contribution in [3.8, 4) is 6.07 Å². The van der Waals surface area contributed by atoms with Crippen LogP contribution in [0.15, 0.2) is 30.3 Å². The lowest BCUT2D eigenvalue weighted by Crippen LogP contribution is -2.43. The predicted octanol–water partition coefficient (Wildman–Crippen LogP) is 2.82. The molecule has 1 aromatic carbocycles. The van der Waals surface area contributed by atoms with Gasteiger partial charge in [0.2, 0.25) is 0 Å². The van der Waals surface area contributed by atoms with E-state index in [0.29, 0.717) is 6.42 Å². The van der Waals surface area contributed by atoms with E-state index < -0.39 is 11.0 Å². The molecule has 4 unspecified atom stereocenters. The van der Waals surface area contributed by atoms with Crippen molar-refractivity contribution in [3.05, 3.63) is 35.9 Å². The summed E-state index contributed by atoms with van der Waals surface area (Å²) in [7, 11) is 0. The summed E-state index contributed by atoms with van der Waals surface area (Å²) in [4.78, 5) is 12.5. The molecule has 2 aliphatic carbocycles. The molecule has 0 aliphatic heterocycles. The van der Waals surface area contributed by atoms with Crippen molar-refractivity contribution in [2.75, 3.05) is 0 Å². The van der Waals surface area contributed by atoms with E-state index in [1.165, 1.54) is 0 Å². The smallest absolute Gasteiger partial charge is 0.157 e. The lowest BCUT2D eigenvalue weighted by Gasteiger charge is -2.36. The Hall–Kier alpha value is -0.930. The van der Waals surface area contributed by atoms with Crippen molar-refractivity contribution >= 4 is 28.4 Å². The number of nitriles is 1. The van der Waals surface area contributed by atoms with Gasteiger partial charge in [0.05, 0.1) is 11.7 Å². The fourth-order valence-electron chi connectivity index (χ4n) is 3.88. The first-order valence-electron chi connectivity index (χ1n) is 6.82. The molecule has 3 rings (SSSR count). The van der Waals surface area contributed by atoms with E-state index in [2.05, 4.69) is 28.7 Å². The van der Waals surface area contributed by atoms with Crippen LogP contribution in [0.5, 0.6) is 0 Å². The van der Waals surface area contributed by atoms with Crippen molar-refractivity contribution in [3.63, 3.8) is 0 Å². The van der Waals surface area contributed by atoms with Gasteiger partial charge in [0.15, 0.2) is 5.78 Å². The normalized spacial score (nSPS) is 43.3. The zero-order valence-electron chi connectivity index (χ0n) is 11.2. The predicted molar refractivity (Wildman–Crippen MR) is 83.1 cm³/mol. The lowest BCUT2D eigenvalue weighted by molar-refractivity contribution is -0.131. The number of hydrogen-bond donors (Lipinski definition) is 1. The number of Topliss-reactive ketones (excluding diaryl/α,β-unsaturated/α-hetero) is 1. The molecule has 0 spiro atoms. The summed E-state index contributed by atoms with van der Waals surface area (Å²) >= 11 is 2.27. The van der Waals surface area contributed by atoms with Crippen LogP contribution in [0, 0.1) is 28.6 Å². The third kappa shape index (κ3) is 1.69. The molecule has 2 aliphatic rings. The van der Waals surface area contributed by atoms with Crippen molar-refractivity contribution in [2.24, 2.45) is 17.3 Å². The van der Waals surface area contributed by atoms with Gasteiger partial charge >= 0.3 is 0 Å². The molecule has 2 fully saturated rings. The van der Waals surface area contributed by atoms with Crippen LogP contribution >= 0.6 is 22.6 Å². The molecule has 0 aromatic heterocycles. The van der Waals surface area contributed by atoms with E-state index in [1.54, 1.807) is 0 Å². The van der Waals surface area contributed by atoms with Gasteiger partial charge in [-0.25, -0.2) is 0 Å². The maximum atomic E-state index is 12.5. The summed E-state index contributed by atoms with van der Waals surface area (Å²) in [6.07, 6.45) is 0.708.